The summed E-state index contributed by atoms with van der Waals surface area (Å²) in [6, 6.07) is 8.71. The van der Waals surface area contributed by atoms with Crippen molar-refractivity contribution >= 4 is 5.69 Å². The van der Waals surface area contributed by atoms with Crippen LogP contribution in [0.1, 0.15) is 29.8 Å². The summed E-state index contributed by atoms with van der Waals surface area (Å²) in [5.74, 6) is 0.812. The second kappa shape index (κ2) is 6.05. The average Bonchev–Trinajstić information content (AvgIpc) is 2.49. The Morgan fingerprint density at radius 2 is 1.50 bits per heavy atom. The van der Waals surface area contributed by atoms with Gasteiger partial charge in [-0.25, -0.2) is 9.97 Å². The number of anilines is 1. The minimum absolute atomic E-state index is 0.338. The van der Waals surface area contributed by atoms with Crippen molar-refractivity contribution < 1.29 is 0 Å². The van der Waals surface area contributed by atoms with Gasteiger partial charge < -0.3 is 10.6 Å². The summed E-state index contributed by atoms with van der Waals surface area (Å²) in [6.45, 7) is 8.24. The average molecular weight is 296 g/mol. The number of nitrogens with two attached hydrogens (primary N) is 1. The summed E-state index contributed by atoms with van der Waals surface area (Å²) in [7, 11) is 0. The predicted molar refractivity (Wildman–Crippen MR) is 91.1 cm³/mol. The van der Waals surface area contributed by atoms with Crippen LogP contribution in [0.2, 0.25) is 0 Å². The van der Waals surface area contributed by atoms with E-state index in [1.165, 1.54) is 11.3 Å². The molecule has 116 valence electrons. The molecule has 2 aromatic rings. The Morgan fingerprint density at radius 3 is 2.05 bits per heavy atom. The highest BCUT2D eigenvalue weighted by Gasteiger charge is 2.21. The summed E-state index contributed by atoms with van der Waals surface area (Å²) in [6.07, 6.45) is 2.08. The fraction of sp³-hybridized carbons (Fsp3) is 0.444. The topological polar surface area (TPSA) is 55.0 Å². The van der Waals surface area contributed by atoms with Gasteiger partial charge in [0.2, 0.25) is 0 Å². The molecular weight excluding hydrogens is 272 g/mol. The van der Waals surface area contributed by atoms with E-state index in [1.54, 1.807) is 0 Å². The van der Waals surface area contributed by atoms with Gasteiger partial charge in [-0.2, -0.15) is 0 Å². The largest absolute Gasteiger partial charge is 0.368 e. The van der Waals surface area contributed by atoms with Gasteiger partial charge in [0.25, 0.3) is 0 Å². The Kier molecular flexibility index (Phi) is 4.12. The molecule has 3 rings (SSSR count). The second-order valence-electron chi connectivity index (χ2n) is 6.26. The number of hydrogen-bond donors (Lipinski definition) is 1. The van der Waals surface area contributed by atoms with E-state index in [0.717, 1.165) is 48.7 Å². The van der Waals surface area contributed by atoms with Crippen LogP contribution in [0.25, 0.3) is 11.4 Å². The number of rotatable bonds is 2. The van der Waals surface area contributed by atoms with Crippen molar-refractivity contribution in [2.45, 2.75) is 39.7 Å². The normalized spacial score (nSPS) is 16.1. The molecular formula is C18H24N4. The molecule has 0 bridgehead atoms. The number of nitrogens with zero attached hydrogens (tertiary/aromatic N) is 3. The van der Waals surface area contributed by atoms with E-state index in [9.17, 15) is 0 Å². The lowest BCUT2D eigenvalue weighted by Crippen LogP contribution is -2.40. The van der Waals surface area contributed by atoms with Gasteiger partial charge in [0.15, 0.2) is 5.82 Å². The third-order valence-corrected chi connectivity index (χ3v) is 4.40. The molecule has 0 atom stereocenters. The first-order valence-corrected chi connectivity index (χ1v) is 7.97. The van der Waals surface area contributed by atoms with Crippen LogP contribution in [-0.2, 0) is 0 Å². The van der Waals surface area contributed by atoms with Gasteiger partial charge in [-0.05, 0) is 33.6 Å². The molecule has 1 aromatic carbocycles. The van der Waals surface area contributed by atoms with Gasteiger partial charge >= 0.3 is 0 Å². The minimum atomic E-state index is 0.338. The Morgan fingerprint density at radius 1 is 0.955 bits per heavy atom. The molecule has 1 aliphatic rings. The van der Waals surface area contributed by atoms with Crippen LogP contribution in [0.5, 0.6) is 0 Å². The molecule has 0 radical (unpaired) electrons. The lowest BCUT2D eigenvalue weighted by atomic mass is 10.0. The lowest BCUT2D eigenvalue weighted by Gasteiger charge is -2.33. The van der Waals surface area contributed by atoms with E-state index in [1.807, 2.05) is 0 Å². The monoisotopic (exact) mass is 296 g/mol. The number of aromatic nitrogens is 2. The molecule has 4 heteroatoms. The van der Waals surface area contributed by atoms with Crippen molar-refractivity contribution in [1.29, 1.82) is 0 Å². The molecule has 4 nitrogen and oxygen atoms in total. The Balaban J connectivity index is 1.93. The first-order valence-electron chi connectivity index (χ1n) is 7.97. The van der Waals surface area contributed by atoms with Gasteiger partial charge in [-0.3, -0.25) is 0 Å². The van der Waals surface area contributed by atoms with E-state index in [-0.39, 0.29) is 0 Å². The fourth-order valence-corrected chi connectivity index (χ4v) is 3.12. The van der Waals surface area contributed by atoms with Crippen LogP contribution in [0.3, 0.4) is 0 Å². The van der Waals surface area contributed by atoms with Crippen LogP contribution in [0.15, 0.2) is 24.3 Å². The van der Waals surface area contributed by atoms with Gasteiger partial charge in [0.1, 0.15) is 0 Å². The van der Waals surface area contributed by atoms with E-state index < -0.39 is 0 Å². The number of aryl methyl sites for hydroxylation is 3. The van der Waals surface area contributed by atoms with Crippen molar-refractivity contribution in [3.05, 3.63) is 41.2 Å². The predicted octanol–water partition coefficient (Wildman–Crippen LogP) is 3.00. The van der Waals surface area contributed by atoms with Crippen LogP contribution in [0.4, 0.5) is 5.69 Å². The summed E-state index contributed by atoms with van der Waals surface area (Å²) < 4.78 is 0. The molecule has 1 aliphatic heterocycles. The van der Waals surface area contributed by atoms with E-state index in [4.69, 9.17) is 15.7 Å². The van der Waals surface area contributed by atoms with Gasteiger partial charge in [-0.1, -0.05) is 29.8 Å². The maximum Gasteiger partial charge on any atom is 0.159 e. The first-order chi connectivity index (χ1) is 10.5. The van der Waals surface area contributed by atoms with Crippen molar-refractivity contribution in [3.63, 3.8) is 0 Å². The standard InChI is InChI=1S/C18H24N4/c1-12-4-6-15(7-5-12)18-20-13(2)17(14(3)21-18)22-10-8-16(19)9-11-22/h4-7,16H,8-11,19H2,1-3H3. The van der Waals surface area contributed by atoms with E-state index >= 15 is 0 Å². The molecule has 2 heterocycles. The molecule has 1 aromatic heterocycles. The summed E-state index contributed by atoms with van der Waals surface area (Å²) in [5, 5.41) is 0. The smallest absolute Gasteiger partial charge is 0.159 e. The fourth-order valence-electron chi connectivity index (χ4n) is 3.12. The van der Waals surface area contributed by atoms with Crippen LogP contribution >= 0.6 is 0 Å². The molecule has 0 spiro atoms. The van der Waals surface area contributed by atoms with E-state index in [0.29, 0.717) is 6.04 Å². The first kappa shape index (κ1) is 15.0. The number of piperidine rings is 1. The lowest BCUT2D eigenvalue weighted by molar-refractivity contribution is 0.499. The van der Waals surface area contributed by atoms with Gasteiger partial charge in [0.05, 0.1) is 17.1 Å². The quantitative estimate of drug-likeness (QED) is 0.925. The second-order valence-corrected chi connectivity index (χ2v) is 6.26. The third kappa shape index (κ3) is 2.97. The molecule has 2 N–H and O–H groups in total. The highest BCUT2D eigenvalue weighted by Crippen LogP contribution is 2.27. The van der Waals surface area contributed by atoms with Crippen LogP contribution in [0, 0.1) is 20.8 Å². The Labute approximate surface area is 132 Å². The maximum absolute atomic E-state index is 6.01. The minimum Gasteiger partial charge on any atom is -0.368 e. The zero-order valence-electron chi connectivity index (χ0n) is 13.6. The number of hydrogen-bond acceptors (Lipinski definition) is 4. The molecule has 0 amide bonds. The van der Waals surface area contributed by atoms with Crippen molar-refractivity contribution in [1.82, 2.24) is 9.97 Å². The SMILES string of the molecule is Cc1ccc(-c2nc(C)c(N3CCC(N)CC3)c(C)n2)cc1. The van der Waals surface area contributed by atoms with Crippen molar-refractivity contribution in [2.75, 3.05) is 18.0 Å². The molecule has 0 saturated carbocycles. The third-order valence-electron chi connectivity index (χ3n) is 4.40. The van der Waals surface area contributed by atoms with Crippen molar-refractivity contribution in [2.24, 2.45) is 5.73 Å². The van der Waals surface area contributed by atoms with Crippen LogP contribution in [-0.4, -0.2) is 29.1 Å². The maximum atomic E-state index is 6.01. The molecule has 1 saturated heterocycles. The highest BCUT2D eigenvalue weighted by molar-refractivity contribution is 5.61. The van der Waals surface area contributed by atoms with Crippen molar-refractivity contribution in [3.8, 4) is 11.4 Å². The van der Waals surface area contributed by atoms with E-state index in [2.05, 4.69) is 49.9 Å². The summed E-state index contributed by atoms with van der Waals surface area (Å²) >= 11 is 0. The molecule has 22 heavy (non-hydrogen) atoms. The number of benzene rings is 1. The Hall–Kier alpha value is -1.94. The molecule has 0 unspecified atom stereocenters. The van der Waals surface area contributed by atoms with Gasteiger partial charge in [0, 0.05) is 24.7 Å². The van der Waals surface area contributed by atoms with Gasteiger partial charge in [-0.15, -0.1) is 0 Å². The Bertz CT molecular complexity index is 632. The summed E-state index contributed by atoms with van der Waals surface area (Å²) in [4.78, 5) is 11.9. The molecule has 0 aliphatic carbocycles. The highest BCUT2D eigenvalue weighted by atomic mass is 15.2. The zero-order chi connectivity index (χ0) is 15.7. The molecule has 1 fully saturated rings. The van der Waals surface area contributed by atoms with Crippen LogP contribution < -0.4 is 10.6 Å². The zero-order valence-corrected chi connectivity index (χ0v) is 13.6. The summed E-state index contributed by atoms with van der Waals surface area (Å²) in [5.41, 5.74) is 11.6.